The highest BCUT2D eigenvalue weighted by molar-refractivity contribution is 7.10. The molecule has 108 valence electrons. The number of thiophene rings is 1. The van der Waals surface area contributed by atoms with Gasteiger partial charge < -0.3 is 10.1 Å². The van der Waals surface area contributed by atoms with Gasteiger partial charge in [0, 0.05) is 15.5 Å². The third kappa shape index (κ3) is 3.47. The number of rotatable bonds is 6. The Morgan fingerprint density at radius 3 is 2.70 bits per heavy atom. The molecule has 0 saturated carbocycles. The molecule has 0 aliphatic heterocycles. The van der Waals surface area contributed by atoms with Gasteiger partial charge >= 0.3 is 0 Å². The first-order valence-electron chi connectivity index (χ1n) is 6.47. The molecule has 0 amide bonds. The fraction of sp³-hybridized carbons (Fsp3) is 0.333. The Bertz CT molecular complexity index is 571. The molecule has 2 aromatic rings. The van der Waals surface area contributed by atoms with Crippen LogP contribution in [0.3, 0.4) is 0 Å². The van der Waals surface area contributed by atoms with Crippen molar-refractivity contribution in [2.45, 2.75) is 19.4 Å². The van der Waals surface area contributed by atoms with Crippen LogP contribution >= 0.6 is 34.5 Å². The molecule has 5 heteroatoms. The minimum atomic E-state index is -0.00361. The van der Waals surface area contributed by atoms with Crippen molar-refractivity contribution >= 4 is 34.5 Å². The van der Waals surface area contributed by atoms with Gasteiger partial charge in [0.25, 0.3) is 0 Å². The molecule has 0 fully saturated rings. The SMILES string of the molecule is CCCNC(c1cc(Cl)ccc1OC)c1sccc1Cl. The van der Waals surface area contributed by atoms with Gasteiger partial charge in [-0.15, -0.1) is 11.3 Å². The Hall–Kier alpha value is -0.740. The van der Waals surface area contributed by atoms with Gasteiger partial charge in [-0.1, -0.05) is 30.1 Å². The summed E-state index contributed by atoms with van der Waals surface area (Å²) in [5, 5.41) is 6.97. The average molecular weight is 330 g/mol. The lowest BCUT2D eigenvalue weighted by molar-refractivity contribution is 0.404. The number of hydrogen-bond donors (Lipinski definition) is 1. The minimum absolute atomic E-state index is 0.00361. The van der Waals surface area contributed by atoms with Gasteiger partial charge in [0.05, 0.1) is 18.2 Å². The van der Waals surface area contributed by atoms with Crippen LogP contribution in [0.5, 0.6) is 5.75 Å². The second kappa shape index (κ2) is 7.32. The molecule has 1 aromatic carbocycles. The zero-order chi connectivity index (χ0) is 14.5. The van der Waals surface area contributed by atoms with Gasteiger partial charge in [0.1, 0.15) is 5.75 Å². The van der Waals surface area contributed by atoms with E-state index in [9.17, 15) is 0 Å². The number of hydrogen-bond acceptors (Lipinski definition) is 3. The lowest BCUT2D eigenvalue weighted by Crippen LogP contribution is -2.23. The lowest BCUT2D eigenvalue weighted by Gasteiger charge is -2.21. The molecule has 0 spiro atoms. The molecule has 1 unspecified atom stereocenters. The zero-order valence-corrected chi connectivity index (χ0v) is 13.8. The summed E-state index contributed by atoms with van der Waals surface area (Å²) >= 11 is 14.1. The van der Waals surface area contributed by atoms with Gasteiger partial charge in [-0.2, -0.15) is 0 Å². The van der Waals surface area contributed by atoms with Crippen molar-refractivity contribution in [3.8, 4) is 5.75 Å². The van der Waals surface area contributed by atoms with E-state index in [1.165, 1.54) is 0 Å². The molecule has 1 N–H and O–H groups in total. The average Bonchev–Trinajstić information content (AvgIpc) is 2.86. The summed E-state index contributed by atoms with van der Waals surface area (Å²) in [5.41, 5.74) is 1.01. The summed E-state index contributed by atoms with van der Waals surface area (Å²) in [6, 6.07) is 7.57. The normalized spacial score (nSPS) is 12.4. The van der Waals surface area contributed by atoms with Crippen LogP contribution in [-0.2, 0) is 0 Å². The first-order valence-corrected chi connectivity index (χ1v) is 8.10. The topological polar surface area (TPSA) is 21.3 Å². The fourth-order valence-electron chi connectivity index (χ4n) is 2.07. The van der Waals surface area contributed by atoms with Crippen LogP contribution < -0.4 is 10.1 Å². The van der Waals surface area contributed by atoms with Crippen molar-refractivity contribution in [2.24, 2.45) is 0 Å². The maximum absolute atomic E-state index is 6.30. The standard InChI is InChI=1S/C15H17Cl2NOS/c1-3-7-18-14(15-12(17)6-8-20-15)11-9-10(16)4-5-13(11)19-2/h4-6,8-9,14,18H,3,7H2,1-2H3. The van der Waals surface area contributed by atoms with Gasteiger partial charge in [-0.05, 0) is 42.6 Å². The van der Waals surface area contributed by atoms with Crippen LogP contribution in [0.25, 0.3) is 0 Å². The third-order valence-electron chi connectivity index (χ3n) is 3.01. The van der Waals surface area contributed by atoms with E-state index < -0.39 is 0 Å². The van der Waals surface area contributed by atoms with Crippen LogP contribution in [0.2, 0.25) is 10.0 Å². The highest BCUT2D eigenvalue weighted by Crippen LogP contribution is 2.37. The predicted octanol–water partition coefficient (Wildman–Crippen LogP) is 5.15. The van der Waals surface area contributed by atoms with E-state index in [-0.39, 0.29) is 6.04 Å². The predicted molar refractivity (Wildman–Crippen MR) is 87.5 cm³/mol. The largest absolute Gasteiger partial charge is 0.496 e. The van der Waals surface area contributed by atoms with Crippen molar-refractivity contribution < 1.29 is 4.74 Å². The molecule has 1 heterocycles. The highest BCUT2D eigenvalue weighted by atomic mass is 35.5. The van der Waals surface area contributed by atoms with Crippen LogP contribution in [0.4, 0.5) is 0 Å². The van der Waals surface area contributed by atoms with Crippen molar-refractivity contribution in [1.82, 2.24) is 5.32 Å². The molecule has 0 saturated heterocycles. The quantitative estimate of drug-likeness (QED) is 0.790. The first-order chi connectivity index (χ1) is 9.67. The Morgan fingerprint density at radius 2 is 2.10 bits per heavy atom. The number of benzene rings is 1. The maximum Gasteiger partial charge on any atom is 0.124 e. The number of halogens is 2. The molecular formula is C15H17Cl2NOS. The van der Waals surface area contributed by atoms with E-state index in [1.54, 1.807) is 18.4 Å². The van der Waals surface area contributed by atoms with Gasteiger partial charge in [0.15, 0.2) is 0 Å². The number of methoxy groups -OCH3 is 1. The fourth-order valence-corrected chi connectivity index (χ4v) is 3.51. The molecule has 1 aromatic heterocycles. The van der Waals surface area contributed by atoms with Gasteiger partial charge in [-0.3, -0.25) is 0 Å². The lowest BCUT2D eigenvalue weighted by atomic mass is 10.0. The van der Waals surface area contributed by atoms with Crippen LogP contribution in [0, 0.1) is 0 Å². The van der Waals surface area contributed by atoms with E-state index in [1.807, 2.05) is 29.6 Å². The second-order valence-electron chi connectivity index (χ2n) is 4.41. The van der Waals surface area contributed by atoms with E-state index in [4.69, 9.17) is 27.9 Å². The monoisotopic (exact) mass is 329 g/mol. The maximum atomic E-state index is 6.30. The van der Waals surface area contributed by atoms with Crippen molar-refractivity contribution in [2.75, 3.05) is 13.7 Å². The minimum Gasteiger partial charge on any atom is -0.496 e. The van der Waals surface area contributed by atoms with E-state index in [0.717, 1.165) is 34.2 Å². The van der Waals surface area contributed by atoms with Gasteiger partial charge in [-0.25, -0.2) is 0 Å². The summed E-state index contributed by atoms with van der Waals surface area (Å²) in [4.78, 5) is 1.08. The molecule has 0 aliphatic carbocycles. The smallest absolute Gasteiger partial charge is 0.124 e. The van der Waals surface area contributed by atoms with Crippen LogP contribution in [0.15, 0.2) is 29.6 Å². The van der Waals surface area contributed by atoms with Crippen LogP contribution in [0.1, 0.15) is 29.8 Å². The Labute approximate surface area is 133 Å². The van der Waals surface area contributed by atoms with Crippen LogP contribution in [-0.4, -0.2) is 13.7 Å². The summed E-state index contributed by atoms with van der Waals surface area (Å²) < 4.78 is 5.46. The molecular weight excluding hydrogens is 313 g/mol. The molecule has 2 rings (SSSR count). The summed E-state index contributed by atoms with van der Waals surface area (Å²) in [6.45, 7) is 3.03. The summed E-state index contributed by atoms with van der Waals surface area (Å²) in [7, 11) is 1.67. The first kappa shape index (κ1) is 15.6. The van der Waals surface area contributed by atoms with E-state index >= 15 is 0 Å². The molecule has 1 atom stereocenters. The Balaban J connectivity index is 2.46. The molecule has 0 radical (unpaired) electrons. The third-order valence-corrected chi connectivity index (χ3v) is 4.67. The zero-order valence-electron chi connectivity index (χ0n) is 11.5. The summed E-state index contributed by atoms with van der Waals surface area (Å²) in [5.74, 6) is 0.812. The van der Waals surface area contributed by atoms with Gasteiger partial charge in [0.2, 0.25) is 0 Å². The molecule has 0 aliphatic rings. The summed E-state index contributed by atoms with van der Waals surface area (Å²) in [6.07, 6.45) is 1.04. The van der Waals surface area contributed by atoms with Crippen molar-refractivity contribution in [3.63, 3.8) is 0 Å². The van der Waals surface area contributed by atoms with Crippen molar-refractivity contribution in [3.05, 3.63) is 50.1 Å². The number of nitrogens with one attached hydrogen (secondary N) is 1. The Kier molecular flexibility index (Phi) is 5.73. The highest BCUT2D eigenvalue weighted by Gasteiger charge is 2.21. The number of ether oxygens (including phenoxy) is 1. The van der Waals surface area contributed by atoms with E-state index in [0.29, 0.717) is 5.02 Å². The Morgan fingerprint density at radius 1 is 1.30 bits per heavy atom. The molecule has 20 heavy (non-hydrogen) atoms. The molecule has 0 bridgehead atoms. The molecule has 2 nitrogen and oxygen atoms in total. The second-order valence-corrected chi connectivity index (χ2v) is 6.20. The van der Waals surface area contributed by atoms with E-state index in [2.05, 4.69) is 12.2 Å². The van der Waals surface area contributed by atoms with Crippen molar-refractivity contribution in [1.29, 1.82) is 0 Å².